The van der Waals surface area contributed by atoms with Crippen molar-refractivity contribution in [3.05, 3.63) is 94.9 Å². The number of hydrogen-bond donors (Lipinski definition) is 1. The van der Waals surface area contributed by atoms with E-state index in [1.165, 1.54) is 21.2 Å². The summed E-state index contributed by atoms with van der Waals surface area (Å²) in [6, 6.07) is 24.0. The Morgan fingerprint density at radius 2 is 1.62 bits per heavy atom. The lowest BCUT2D eigenvalue weighted by atomic mass is 9.98. The first kappa shape index (κ1) is 25.0. The second-order valence-electron chi connectivity index (χ2n) is 10.4. The molecule has 3 aromatic carbocycles. The van der Waals surface area contributed by atoms with E-state index in [-0.39, 0.29) is 12.5 Å². The zero-order chi connectivity index (χ0) is 26.0. The minimum atomic E-state index is -0.812. The van der Waals surface area contributed by atoms with Crippen LogP contribution >= 0.6 is 11.3 Å². The molecule has 0 bridgehead atoms. The zero-order valence-electron chi connectivity index (χ0n) is 21.3. The summed E-state index contributed by atoms with van der Waals surface area (Å²) in [5, 5.41) is 6.03. The Hall–Kier alpha value is -3.64. The number of hydrogen-bond acceptors (Lipinski definition) is 5. The van der Waals surface area contributed by atoms with Crippen LogP contribution in [-0.4, -0.2) is 30.3 Å². The molecule has 0 radical (unpaired) electrons. The average molecular weight is 514 g/mol. The summed E-state index contributed by atoms with van der Waals surface area (Å²) in [4.78, 5) is 25.9. The fraction of sp³-hybridized carbons (Fsp3) is 0.290. The summed E-state index contributed by atoms with van der Waals surface area (Å²) in [5.41, 5.74) is 5.07. The molecule has 0 fully saturated rings. The summed E-state index contributed by atoms with van der Waals surface area (Å²) >= 11 is 1.70. The van der Waals surface area contributed by atoms with Crippen LogP contribution in [0.3, 0.4) is 0 Å². The number of ether oxygens (including phenoxy) is 2. The van der Waals surface area contributed by atoms with E-state index in [1.807, 2.05) is 45.0 Å². The van der Waals surface area contributed by atoms with Crippen molar-refractivity contribution in [2.75, 3.05) is 6.61 Å². The molecule has 6 heteroatoms. The molecule has 1 aliphatic carbocycles. The van der Waals surface area contributed by atoms with Crippen molar-refractivity contribution in [1.82, 2.24) is 5.32 Å². The van der Waals surface area contributed by atoms with Gasteiger partial charge >= 0.3 is 12.1 Å². The van der Waals surface area contributed by atoms with Gasteiger partial charge in [-0.15, -0.1) is 11.3 Å². The highest BCUT2D eigenvalue weighted by Crippen LogP contribution is 2.44. The maximum Gasteiger partial charge on any atom is 0.407 e. The highest BCUT2D eigenvalue weighted by molar-refractivity contribution is 7.17. The van der Waals surface area contributed by atoms with Gasteiger partial charge in [0.15, 0.2) is 0 Å². The van der Waals surface area contributed by atoms with E-state index in [1.54, 1.807) is 11.3 Å². The second kappa shape index (κ2) is 10.4. The number of thiophene rings is 1. The number of alkyl carbamates (subject to hydrolysis) is 1. The molecule has 0 aliphatic heterocycles. The fourth-order valence-corrected chi connectivity index (χ4v) is 5.66. The van der Waals surface area contributed by atoms with Crippen molar-refractivity contribution < 1.29 is 19.1 Å². The third-order valence-electron chi connectivity index (χ3n) is 6.57. The van der Waals surface area contributed by atoms with Crippen molar-refractivity contribution in [2.45, 2.75) is 51.2 Å². The monoisotopic (exact) mass is 513 g/mol. The Balaban J connectivity index is 1.26. The van der Waals surface area contributed by atoms with Crippen molar-refractivity contribution in [1.29, 1.82) is 0 Å². The Morgan fingerprint density at radius 1 is 0.946 bits per heavy atom. The predicted molar refractivity (Wildman–Crippen MR) is 148 cm³/mol. The van der Waals surface area contributed by atoms with Gasteiger partial charge in [0.1, 0.15) is 18.2 Å². The first-order valence-electron chi connectivity index (χ1n) is 12.6. The van der Waals surface area contributed by atoms with Crippen molar-refractivity contribution in [3.63, 3.8) is 0 Å². The third-order valence-corrected chi connectivity index (χ3v) is 7.46. The van der Waals surface area contributed by atoms with Crippen LogP contribution in [0.15, 0.2) is 78.2 Å². The van der Waals surface area contributed by atoms with Gasteiger partial charge < -0.3 is 14.8 Å². The minimum absolute atomic E-state index is 0.0459. The van der Waals surface area contributed by atoms with Crippen LogP contribution in [0.4, 0.5) is 4.79 Å². The van der Waals surface area contributed by atoms with Crippen LogP contribution < -0.4 is 5.32 Å². The lowest BCUT2D eigenvalue weighted by molar-refractivity contribution is -0.157. The summed E-state index contributed by atoms with van der Waals surface area (Å²) < 4.78 is 12.5. The Labute approximate surface area is 221 Å². The number of nitrogens with one attached hydrogen (secondary N) is 1. The average Bonchev–Trinajstić information content (AvgIpc) is 3.46. The molecule has 37 heavy (non-hydrogen) atoms. The van der Waals surface area contributed by atoms with E-state index >= 15 is 0 Å². The molecule has 0 saturated carbocycles. The van der Waals surface area contributed by atoms with Crippen molar-refractivity contribution in [3.8, 4) is 11.1 Å². The first-order chi connectivity index (χ1) is 17.8. The molecule has 5 nitrogen and oxygen atoms in total. The molecule has 190 valence electrons. The maximum atomic E-state index is 13.0. The largest absolute Gasteiger partial charge is 0.458 e. The van der Waals surface area contributed by atoms with Crippen LogP contribution in [0.25, 0.3) is 21.2 Å². The summed E-state index contributed by atoms with van der Waals surface area (Å²) in [7, 11) is 0. The molecule has 1 amide bonds. The van der Waals surface area contributed by atoms with Crippen LogP contribution in [0, 0.1) is 0 Å². The predicted octanol–water partition coefficient (Wildman–Crippen LogP) is 7.08. The van der Waals surface area contributed by atoms with E-state index in [2.05, 4.69) is 59.2 Å². The van der Waals surface area contributed by atoms with Gasteiger partial charge in [0.2, 0.25) is 0 Å². The number of aryl methyl sites for hydroxylation is 1. The van der Waals surface area contributed by atoms with E-state index in [0.29, 0.717) is 12.8 Å². The molecule has 5 rings (SSSR count). The van der Waals surface area contributed by atoms with Crippen LogP contribution in [-0.2, 0) is 20.7 Å². The molecule has 1 heterocycles. The molecule has 0 saturated heterocycles. The zero-order valence-corrected chi connectivity index (χ0v) is 22.1. The molecule has 1 atom stereocenters. The summed E-state index contributed by atoms with van der Waals surface area (Å²) in [6.45, 7) is 5.65. The van der Waals surface area contributed by atoms with Gasteiger partial charge in [-0.3, -0.25) is 0 Å². The van der Waals surface area contributed by atoms with E-state index in [9.17, 15) is 9.59 Å². The van der Waals surface area contributed by atoms with Crippen LogP contribution in [0.5, 0.6) is 0 Å². The number of carbonyl (C=O) groups excluding carboxylic acids is 2. The van der Waals surface area contributed by atoms with E-state index < -0.39 is 23.7 Å². The molecular weight excluding hydrogens is 482 g/mol. The van der Waals surface area contributed by atoms with Crippen molar-refractivity contribution >= 4 is 33.5 Å². The van der Waals surface area contributed by atoms with Crippen LogP contribution in [0.2, 0.25) is 0 Å². The van der Waals surface area contributed by atoms with Crippen LogP contribution in [0.1, 0.15) is 49.8 Å². The quantitative estimate of drug-likeness (QED) is 0.268. The number of rotatable bonds is 7. The molecular formula is C31H31NO4S. The van der Waals surface area contributed by atoms with Crippen molar-refractivity contribution in [2.24, 2.45) is 0 Å². The van der Waals surface area contributed by atoms with Gasteiger partial charge in [-0.2, -0.15) is 0 Å². The SMILES string of the molecule is CC(C)(C)OC(=O)[C@H](CCc1ccc2sccc2c1)NC(=O)OCC1c2ccccc2-c2ccccc21. The topological polar surface area (TPSA) is 64.6 Å². The number of esters is 1. The van der Waals surface area contributed by atoms with E-state index in [0.717, 1.165) is 16.7 Å². The third kappa shape index (κ3) is 5.70. The summed E-state index contributed by atoms with van der Waals surface area (Å²) in [6.07, 6.45) is 0.416. The van der Waals surface area contributed by atoms with Gasteiger partial charge in [0, 0.05) is 10.6 Å². The van der Waals surface area contributed by atoms with Gasteiger partial charge in [-0.25, -0.2) is 9.59 Å². The van der Waals surface area contributed by atoms with Gasteiger partial charge in [0.25, 0.3) is 0 Å². The highest BCUT2D eigenvalue weighted by Gasteiger charge is 2.31. The lowest BCUT2D eigenvalue weighted by Gasteiger charge is -2.25. The number of fused-ring (bicyclic) bond motifs is 4. The molecule has 1 N–H and O–H groups in total. The molecule has 0 spiro atoms. The Morgan fingerprint density at radius 3 is 2.30 bits per heavy atom. The minimum Gasteiger partial charge on any atom is -0.458 e. The normalized spacial score (nSPS) is 13.6. The summed E-state index contributed by atoms with van der Waals surface area (Å²) in [5.74, 6) is -0.506. The Bertz CT molecular complexity index is 1390. The molecule has 0 unspecified atom stereocenters. The van der Waals surface area contributed by atoms with Gasteiger partial charge in [0.05, 0.1) is 0 Å². The second-order valence-corrected chi connectivity index (χ2v) is 11.3. The highest BCUT2D eigenvalue weighted by atomic mass is 32.1. The first-order valence-corrected chi connectivity index (χ1v) is 13.5. The van der Waals surface area contributed by atoms with E-state index in [4.69, 9.17) is 9.47 Å². The van der Waals surface area contributed by atoms with Gasteiger partial charge in [-0.05, 0) is 84.3 Å². The fourth-order valence-electron chi connectivity index (χ4n) is 4.89. The smallest absolute Gasteiger partial charge is 0.407 e. The standard InChI is InChI=1S/C31H31NO4S/c1-31(2,3)36-29(33)27(14-12-20-13-15-28-21(18-20)16-17-37-28)32-30(34)35-19-26-24-10-6-4-8-22(24)23-9-5-7-11-25(23)26/h4-11,13,15-18,26-27H,12,14,19H2,1-3H3,(H,32,34)/t27-/m0/s1. The maximum absolute atomic E-state index is 13.0. The Kier molecular flexibility index (Phi) is 7.02. The lowest BCUT2D eigenvalue weighted by Crippen LogP contribution is -2.45. The number of amides is 1. The molecule has 1 aliphatic rings. The molecule has 1 aromatic heterocycles. The molecule has 4 aromatic rings. The number of carbonyl (C=O) groups is 2. The number of benzene rings is 3. The van der Waals surface area contributed by atoms with Gasteiger partial charge in [-0.1, -0.05) is 60.7 Å².